The van der Waals surface area contributed by atoms with Crippen molar-refractivity contribution in [1.82, 2.24) is 0 Å². The molecule has 0 N–H and O–H groups in total. The molecule has 34 valence electrons. The van der Waals surface area contributed by atoms with E-state index in [1.807, 2.05) is 0 Å². The van der Waals surface area contributed by atoms with Crippen molar-refractivity contribution in [2.75, 3.05) is 0 Å². The summed E-state index contributed by atoms with van der Waals surface area (Å²) < 4.78 is -1.36. The molecule has 0 spiro atoms. The first-order valence-corrected chi connectivity index (χ1v) is 11.8. The molecule has 0 nitrogen and oxygen atoms in total. The summed E-state index contributed by atoms with van der Waals surface area (Å²) in [5.41, 5.74) is 0. The second kappa shape index (κ2) is 2.61. The first-order chi connectivity index (χ1) is 2.00. The number of halogens is 4. The van der Waals surface area contributed by atoms with Gasteiger partial charge in [-0.1, -0.05) is 0 Å². The molecule has 0 saturated carbocycles. The molecule has 0 aliphatic carbocycles. The van der Waals surface area contributed by atoms with E-state index in [1.54, 1.807) is 0 Å². The molecule has 0 fully saturated rings. The Morgan fingerprint density at radius 2 is 0.800 bits per heavy atom. The molecule has 0 radical (unpaired) electrons. The van der Waals surface area contributed by atoms with Gasteiger partial charge in [0.25, 0.3) is 0 Å². The van der Waals surface area contributed by atoms with Gasteiger partial charge in [-0.05, 0) is 0 Å². The van der Waals surface area contributed by atoms with Crippen LogP contribution in [0, 0.1) is 0 Å². The Kier molecular flexibility index (Phi) is 3.83. The van der Waals surface area contributed by atoms with Crippen molar-refractivity contribution in [3.63, 3.8) is 0 Å². The summed E-state index contributed by atoms with van der Waals surface area (Å²) >= 11 is 13.1. The SMILES string of the molecule is Br[PH](Br)(Br)Br. The standard InChI is InChI=1S/Br4HP/c1-5(2,3)4/h5H. The third-order valence-corrected chi connectivity index (χ3v) is 0. The van der Waals surface area contributed by atoms with E-state index < -0.39 is 2.07 Å². The summed E-state index contributed by atoms with van der Waals surface area (Å²) in [6.07, 6.45) is 0. The molecule has 0 bridgehead atoms. The molecule has 0 aromatic carbocycles. The first kappa shape index (κ1) is 7.35. The van der Waals surface area contributed by atoms with Gasteiger partial charge < -0.3 is 0 Å². The van der Waals surface area contributed by atoms with Crippen LogP contribution in [0.2, 0.25) is 0 Å². The van der Waals surface area contributed by atoms with Crippen LogP contribution in [0.5, 0.6) is 0 Å². The average molecular weight is 352 g/mol. The third kappa shape index (κ3) is 21.8. The normalized spacial score (nSPS) is 15.2. The van der Waals surface area contributed by atoms with Crippen LogP contribution in [0.25, 0.3) is 0 Å². The van der Waals surface area contributed by atoms with Crippen LogP contribution >= 0.6 is 64.0 Å². The fourth-order valence-corrected chi connectivity index (χ4v) is 0. The zero-order valence-electron chi connectivity index (χ0n) is 2.01. The summed E-state index contributed by atoms with van der Waals surface area (Å²) in [5.74, 6) is 0. The van der Waals surface area contributed by atoms with Gasteiger partial charge in [0, 0.05) is 0 Å². The number of rotatable bonds is 0. The van der Waals surface area contributed by atoms with Gasteiger partial charge in [-0.25, -0.2) is 0 Å². The molecule has 0 aromatic rings. The van der Waals surface area contributed by atoms with Gasteiger partial charge in [-0.2, -0.15) is 0 Å². The molecular formula is HBr4P. The third-order valence-electron chi connectivity index (χ3n) is 0. The Morgan fingerprint density at radius 3 is 0.800 bits per heavy atom. The second-order valence-electron chi connectivity index (χ2n) is 0.429. The molecule has 0 atom stereocenters. The predicted octanol–water partition coefficient (Wildman–Crippen LogP) is 3.98. The van der Waals surface area contributed by atoms with Gasteiger partial charge >= 0.3 is 64.0 Å². The number of hydrogen-bond acceptors (Lipinski definition) is 0. The minimum absolute atomic E-state index is 1.36. The summed E-state index contributed by atoms with van der Waals surface area (Å²) in [4.78, 5) is 0. The Hall–Kier alpha value is 2.35. The van der Waals surface area contributed by atoms with Crippen molar-refractivity contribution in [2.45, 2.75) is 0 Å². The Morgan fingerprint density at radius 1 is 0.800 bits per heavy atom. The van der Waals surface area contributed by atoms with E-state index in [1.165, 1.54) is 0 Å². The van der Waals surface area contributed by atoms with Crippen molar-refractivity contribution in [3.05, 3.63) is 0 Å². The zero-order chi connectivity index (χ0) is 4.50. The molecule has 0 rings (SSSR count). The maximum absolute atomic E-state index is 3.26. The summed E-state index contributed by atoms with van der Waals surface area (Å²) in [6.45, 7) is 0. The van der Waals surface area contributed by atoms with Gasteiger partial charge in [0.05, 0.1) is 0 Å². The van der Waals surface area contributed by atoms with Crippen LogP contribution in [0.4, 0.5) is 0 Å². The van der Waals surface area contributed by atoms with Crippen LogP contribution in [0.15, 0.2) is 0 Å². The monoisotopic (exact) mass is 348 g/mol. The summed E-state index contributed by atoms with van der Waals surface area (Å²) in [6, 6.07) is 0. The van der Waals surface area contributed by atoms with Crippen LogP contribution in [0.3, 0.4) is 0 Å². The first-order valence-electron chi connectivity index (χ1n) is 0.756. The van der Waals surface area contributed by atoms with Crippen LogP contribution in [-0.2, 0) is 0 Å². The van der Waals surface area contributed by atoms with E-state index in [4.69, 9.17) is 0 Å². The van der Waals surface area contributed by atoms with Gasteiger partial charge in [-0.15, -0.1) is 0 Å². The molecule has 0 unspecified atom stereocenters. The van der Waals surface area contributed by atoms with E-state index in [0.717, 1.165) is 0 Å². The van der Waals surface area contributed by atoms with Crippen molar-refractivity contribution in [3.8, 4) is 0 Å². The Labute approximate surface area is 63.4 Å². The summed E-state index contributed by atoms with van der Waals surface area (Å²) in [7, 11) is 0. The summed E-state index contributed by atoms with van der Waals surface area (Å²) in [5, 5.41) is 0. The zero-order valence-corrected chi connectivity index (χ0v) is 9.36. The maximum atomic E-state index is 3.26. The minimum atomic E-state index is -1.36. The molecule has 0 saturated heterocycles. The fraction of sp³-hybridized carbons (Fsp3) is 0. The molecule has 0 aromatic heterocycles. The van der Waals surface area contributed by atoms with Crippen molar-refractivity contribution < 1.29 is 0 Å². The van der Waals surface area contributed by atoms with Crippen molar-refractivity contribution in [2.24, 2.45) is 0 Å². The van der Waals surface area contributed by atoms with E-state index in [-0.39, 0.29) is 0 Å². The van der Waals surface area contributed by atoms with E-state index in [0.29, 0.717) is 0 Å². The molecular weight excluding hydrogens is 351 g/mol. The van der Waals surface area contributed by atoms with Crippen LogP contribution < -0.4 is 0 Å². The van der Waals surface area contributed by atoms with Crippen molar-refractivity contribution >= 4 is 64.0 Å². The van der Waals surface area contributed by atoms with Crippen LogP contribution in [0.1, 0.15) is 0 Å². The fourth-order valence-electron chi connectivity index (χ4n) is 0. The Balaban J connectivity index is 3.02. The topological polar surface area (TPSA) is 0 Å². The molecule has 0 aliphatic heterocycles. The second-order valence-corrected chi connectivity index (χ2v) is 34.7. The van der Waals surface area contributed by atoms with E-state index in [2.05, 4.69) is 62.0 Å². The van der Waals surface area contributed by atoms with E-state index in [9.17, 15) is 0 Å². The average Bonchev–Trinajstić information content (AvgIpc) is 0.722. The quantitative estimate of drug-likeness (QED) is 0.579. The molecule has 0 amide bonds. The van der Waals surface area contributed by atoms with E-state index >= 15 is 0 Å². The molecule has 5 heavy (non-hydrogen) atoms. The molecule has 0 aliphatic rings. The van der Waals surface area contributed by atoms with Crippen LogP contribution in [-0.4, -0.2) is 0 Å². The van der Waals surface area contributed by atoms with Gasteiger partial charge in [-0.3, -0.25) is 0 Å². The predicted molar refractivity (Wildman–Crippen MR) is 44.0 cm³/mol. The van der Waals surface area contributed by atoms with Gasteiger partial charge in [0.15, 0.2) is 0 Å². The molecule has 5 heteroatoms. The Bertz CT molecular complexity index is 19.1. The van der Waals surface area contributed by atoms with Gasteiger partial charge in [0.2, 0.25) is 0 Å². The molecule has 0 heterocycles. The number of hydrogen-bond donors (Lipinski definition) is 0. The van der Waals surface area contributed by atoms with Gasteiger partial charge in [0.1, 0.15) is 0 Å². The van der Waals surface area contributed by atoms with Crippen molar-refractivity contribution in [1.29, 1.82) is 0 Å².